The zero-order chi connectivity index (χ0) is 4.50. The number of hydrogen-bond acceptors (Lipinski definition) is 1. The molecular formula is H9AlAsGaO4. The molecule has 0 atom stereocenters. The molecule has 0 aromatic carbocycles. The van der Waals surface area contributed by atoms with Crippen molar-refractivity contribution in [1.29, 1.82) is 0 Å². The van der Waals surface area contributed by atoms with E-state index < -0.39 is 14.5 Å². The maximum atomic E-state index is 8.94. The first-order valence-electron chi connectivity index (χ1n) is 0.783. The van der Waals surface area contributed by atoms with Crippen LogP contribution in [0.4, 0.5) is 0 Å². The minimum absolute atomic E-state index is 0. The fourth-order valence-corrected chi connectivity index (χ4v) is 0. The molecule has 0 aliphatic rings. The van der Waals surface area contributed by atoms with Crippen molar-refractivity contribution < 1.29 is 16.0 Å². The maximum absolute atomic E-state index is 8.94. The van der Waals surface area contributed by atoms with Gasteiger partial charge in [-0.2, -0.15) is 0 Å². The summed E-state index contributed by atoms with van der Waals surface area (Å²) in [5.74, 6) is 0. The van der Waals surface area contributed by atoms with Gasteiger partial charge in [-0.05, 0) is 0 Å². The van der Waals surface area contributed by atoms with Crippen molar-refractivity contribution in [3.63, 3.8) is 0 Å². The summed E-state index contributed by atoms with van der Waals surface area (Å²) in [5.41, 5.74) is 0. The van der Waals surface area contributed by atoms with Gasteiger partial charge in [0.05, 0.1) is 0 Å². The number of hydrogen-bond donors (Lipinski definition) is 3. The van der Waals surface area contributed by atoms with E-state index in [0.29, 0.717) is 0 Å². The van der Waals surface area contributed by atoms with Crippen LogP contribution in [0.5, 0.6) is 0 Å². The van der Waals surface area contributed by atoms with Gasteiger partial charge in [-0.3, -0.25) is 0 Å². The predicted octanol–water partition coefficient (Wildman–Crippen LogP) is -4.54. The van der Waals surface area contributed by atoms with E-state index in [2.05, 4.69) is 0 Å². The molecule has 0 rings (SSSR count). The van der Waals surface area contributed by atoms with E-state index in [1.165, 1.54) is 0 Å². The van der Waals surface area contributed by atoms with Crippen molar-refractivity contribution >= 4 is 51.7 Å². The van der Waals surface area contributed by atoms with Crippen LogP contribution >= 0.6 is 0 Å². The van der Waals surface area contributed by atoms with Crippen LogP contribution in [-0.2, 0) is 3.74 Å². The quantitative estimate of drug-likeness (QED) is 0.375. The van der Waals surface area contributed by atoms with Crippen molar-refractivity contribution in [3.05, 3.63) is 0 Å². The summed E-state index contributed by atoms with van der Waals surface area (Å²) in [6, 6.07) is 0. The molecule has 0 bridgehead atoms. The molecule has 0 saturated heterocycles. The monoisotopic (exact) mass is 244 g/mol. The molecule has 0 aliphatic heterocycles. The van der Waals surface area contributed by atoms with Crippen LogP contribution in [0.15, 0.2) is 0 Å². The van der Waals surface area contributed by atoms with Crippen molar-refractivity contribution in [2.75, 3.05) is 0 Å². The van der Waals surface area contributed by atoms with Gasteiger partial charge in [0.2, 0.25) is 0 Å². The topological polar surface area (TPSA) is 77.8 Å². The van der Waals surface area contributed by atoms with Crippen LogP contribution in [0.3, 0.4) is 0 Å². The Morgan fingerprint density at radius 2 is 1.14 bits per heavy atom. The van der Waals surface area contributed by atoms with Crippen LogP contribution in [0.25, 0.3) is 0 Å². The Kier molecular flexibility index (Phi) is 12.5. The van der Waals surface area contributed by atoms with Gasteiger partial charge in [0, 0.05) is 0 Å². The molecule has 4 nitrogen and oxygen atoms in total. The van der Waals surface area contributed by atoms with E-state index in [4.69, 9.17) is 16.0 Å². The second-order valence-corrected chi connectivity index (χ2v) is 2.67. The normalized spacial score (nSPS) is 8.43. The van der Waals surface area contributed by atoms with E-state index in [9.17, 15) is 0 Å². The fraction of sp³-hybridized carbons (Fsp3) is 0. The Balaban J connectivity index is -0.0000000800. The summed E-state index contributed by atoms with van der Waals surface area (Å²) in [4.78, 5) is 0. The second kappa shape index (κ2) is 5.54. The number of rotatable bonds is 0. The average molecular weight is 245 g/mol. The Hall–Kier alpha value is 1.41. The molecule has 0 heterocycles. The zero-order valence-corrected chi connectivity index (χ0v) is 4.07. The molecule has 0 unspecified atom stereocenters. The van der Waals surface area contributed by atoms with Crippen molar-refractivity contribution in [3.8, 4) is 0 Å². The Morgan fingerprint density at radius 3 is 1.14 bits per heavy atom. The van der Waals surface area contributed by atoms with Gasteiger partial charge in [0.15, 0.2) is 17.4 Å². The summed E-state index contributed by atoms with van der Waals surface area (Å²) in [6.07, 6.45) is 0. The van der Waals surface area contributed by atoms with Crippen LogP contribution in [0, 0.1) is 0 Å². The fourth-order valence-electron chi connectivity index (χ4n) is 0. The van der Waals surface area contributed by atoms with Crippen LogP contribution in [-0.4, -0.2) is 64.0 Å². The van der Waals surface area contributed by atoms with Gasteiger partial charge in [-0.25, -0.2) is 0 Å². The summed E-state index contributed by atoms with van der Waals surface area (Å²) >= 11 is -5.12. The van der Waals surface area contributed by atoms with Gasteiger partial charge in [0.1, 0.15) is 0 Å². The van der Waals surface area contributed by atoms with Gasteiger partial charge < -0.3 is 0 Å². The van der Waals surface area contributed by atoms with E-state index in [1.54, 1.807) is 0 Å². The molecule has 0 spiro atoms. The predicted molar refractivity (Wildman–Crippen MR) is 33.0 cm³/mol. The Bertz CT molecular complexity index is 57.8. The van der Waals surface area contributed by atoms with E-state index >= 15 is 0 Å². The average Bonchev–Trinajstić information content (AvgIpc) is 0.722. The van der Waals surface area contributed by atoms with E-state index in [-0.39, 0.29) is 37.2 Å². The molecule has 0 saturated carbocycles. The molecule has 44 valence electrons. The Labute approximate surface area is 67.5 Å². The first-order valence-corrected chi connectivity index (χ1v) is 4.07. The summed E-state index contributed by atoms with van der Waals surface area (Å²) in [5, 5.41) is 0. The zero-order valence-electron chi connectivity index (χ0n) is 2.20. The second-order valence-electron chi connectivity index (χ2n) is 0.513. The first kappa shape index (κ1) is 15.8. The summed E-state index contributed by atoms with van der Waals surface area (Å²) in [6.45, 7) is 0. The SMILES string of the molecule is O=[As](O)(O)O.[AlH3].[GaH3]. The van der Waals surface area contributed by atoms with Gasteiger partial charge in [-0.15, -0.1) is 0 Å². The molecule has 0 aromatic heterocycles. The molecule has 7 heavy (non-hydrogen) atoms. The molecular weight excluding hydrogens is 236 g/mol. The van der Waals surface area contributed by atoms with Gasteiger partial charge >= 0.3 is 50.3 Å². The molecule has 0 amide bonds. The first-order chi connectivity index (χ1) is 2.00. The minimum atomic E-state index is -5.12. The summed E-state index contributed by atoms with van der Waals surface area (Å²) < 4.78 is 30.7. The van der Waals surface area contributed by atoms with Crippen molar-refractivity contribution in [2.45, 2.75) is 0 Å². The summed E-state index contributed by atoms with van der Waals surface area (Å²) in [7, 11) is 0. The van der Waals surface area contributed by atoms with Gasteiger partial charge in [0.25, 0.3) is 0 Å². The third-order valence-electron chi connectivity index (χ3n) is 0. The standard InChI is InChI=1S/Al.AsH3O4.Ga.6H/c;2-1(3,4)5;;;;;;;/h;(H3,2,3,4,5);;;;;;;. The van der Waals surface area contributed by atoms with Gasteiger partial charge in [-0.1, -0.05) is 0 Å². The third kappa shape index (κ3) is 109. The van der Waals surface area contributed by atoms with Crippen molar-refractivity contribution in [2.24, 2.45) is 0 Å². The molecule has 3 N–H and O–H groups in total. The third-order valence-corrected chi connectivity index (χ3v) is 0. The van der Waals surface area contributed by atoms with Crippen LogP contribution in [0.2, 0.25) is 0 Å². The molecule has 0 radical (unpaired) electrons. The van der Waals surface area contributed by atoms with Crippen molar-refractivity contribution in [1.82, 2.24) is 0 Å². The van der Waals surface area contributed by atoms with E-state index in [0.717, 1.165) is 0 Å². The van der Waals surface area contributed by atoms with Crippen LogP contribution in [0.1, 0.15) is 0 Å². The molecule has 0 aliphatic carbocycles. The van der Waals surface area contributed by atoms with Crippen LogP contribution < -0.4 is 0 Å². The molecule has 7 heteroatoms. The van der Waals surface area contributed by atoms with E-state index in [1.807, 2.05) is 0 Å². The molecule has 0 aromatic rings. The Morgan fingerprint density at radius 1 is 1.14 bits per heavy atom. The molecule has 0 fully saturated rings.